The molecule has 0 aromatic rings. The Morgan fingerprint density at radius 1 is 1.43 bits per heavy atom. The summed E-state index contributed by atoms with van der Waals surface area (Å²) in [7, 11) is -0.898. The van der Waals surface area contributed by atoms with Crippen LogP contribution in [0.5, 0.6) is 0 Å². The zero-order valence-corrected chi connectivity index (χ0v) is 10.3. The van der Waals surface area contributed by atoms with E-state index < -0.39 is 20.1 Å². The lowest BCUT2D eigenvalue weighted by molar-refractivity contribution is -0.139. The van der Waals surface area contributed by atoms with Crippen LogP contribution >= 0.6 is 0 Å². The number of carbonyl (C=O) groups is 1. The Bertz CT molecular complexity index is 208. The van der Waals surface area contributed by atoms with Crippen molar-refractivity contribution in [2.45, 2.75) is 57.0 Å². The molecule has 1 atom stereocenters. The molecular weight excluding hydrogens is 194 g/mol. The summed E-state index contributed by atoms with van der Waals surface area (Å²) >= 11 is 0. The van der Waals surface area contributed by atoms with E-state index in [2.05, 4.69) is 18.4 Å². The molecule has 1 fully saturated rings. The Balaban J connectivity index is 2.32. The number of nitrogens with one attached hydrogen (secondary N) is 1. The van der Waals surface area contributed by atoms with E-state index in [4.69, 9.17) is 5.11 Å². The van der Waals surface area contributed by atoms with Crippen molar-refractivity contribution in [3.05, 3.63) is 0 Å². The normalized spacial score (nSPS) is 24.5. The Labute approximate surface area is 86.9 Å². The predicted molar refractivity (Wildman–Crippen MR) is 60.4 cm³/mol. The molecule has 0 saturated carbocycles. The lowest BCUT2D eigenvalue weighted by atomic mass is 10.1. The zero-order valence-electron chi connectivity index (χ0n) is 9.34. The molecule has 14 heavy (non-hydrogen) atoms. The number of carboxylic acid groups (broad SMARTS) is 1. The second-order valence-electron chi connectivity index (χ2n) is 5.17. The first kappa shape index (κ1) is 11.7. The standard InChI is InChI=1S/C10H21NO2Si/c1-8(10(12)13)11-9-4-6-14(2,3)7-5-9/h8-9,11H,4-7H2,1-3H3,(H,12,13). The van der Waals surface area contributed by atoms with Crippen molar-refractivity contribution in [1.82, 2.24) is 5.32 Å². The average molecular weight is 215 g/mol. The van der Waals surface area contributed by atoms with Gasteiger partial charge in [-0.15, -0.1) is 0 Å². The van der Waals surface area contributed by atoms with Crippen LogP contribution in [-0.4, -0.2) is 31.2 Å². The van der Waals surface area contributed by atoms with Gasteiger partial charge in [-0.3, -0.25) is 4.79 Å². The second kappa shape index (κ2) is 4.44. The number of hydrogen-bond donors (Lipinski definition) is 2. The first-order valence-corrected chi connectivity index (χ1v) is 8.81. The van der Waals surface area contributed by atoms with Crippen LogP contribution in [0.25, 0.3) is 0 Å². The van der Waals surface area contributed by atoms with Gasteiger partial charge in [0.1, 0.15) is 6.04 Å². The van der Waals surface area contributed by atoms with Crippen molar-refractivity contribution >= 4 is 14.0 Å². The third-order valence-corrected chi connectivity index (χ3v) is 6.48. The van der Waals surface area contributed by atoms with E-state index in [0.29, 0.717) is 6.04 Å². The highest BCUT2D eigenvalue weighted by Gasteiger charge is 2.29. The predicted octanol–water partition coefficient (Wildman–Crippen LogP) is 1.92. The molecule has 1 rings (SSSR count). The third-order valence-electron chi connectivity index (χ3n) is 3.20. The Morgan fingerprint density at radius 2 is 1.93 bits per heavy atom. The molecular formula is C10H21NO2Si. The van der Waals surface area contributed by atoms with Gasteiger partial charge in [0.15, 0.2) is 0 Å². The van der Waals surface area contributed by atoms with Crippen LogP contribution in [0.1, 0.15) is 19.8 Å². The SMILES string of the molecule is CC(NC1CC[Si](C)(C)CC1)C(=O)O. The van der Waals surface area contributed by atoms with Crippen LogP contribution in [-0.2, 0) is 4.79 Å². The highest BCUT2D eigenvalue weighted by molar-refractivity contribution is 6.77. The van der Waals surface area contributed by atoms with E-state index >= 15 is 0 Å². The molecule has 0 spiro atoms. The fraction of sp³-hybridized carbons (Fsp3) is 0.900. The van der Waals surface area contributed by atoms with Gasteiger partial charge in [0, 0.05) is 14.1 Å². The van der Waals surface area contributed by atoms with E-state index in [1.54, 1.807) is 6.92 Å². The van der Waals surface area contributed by atoms with Crippen molar-refractivity contribution in [3.8, 4) is 0 Å². The molecule has 0 aromatic heterocycles. The topological polar surface area (TPSA) is 49.3 Å². The number of carboxylic acids is 1. The molecule has 3 nitrogen and oxygen atoms in total. The van der Waals surface area contributed by atoms with Crippen LogP contribution in [0.3, 0.4) is 0 Å². The first-order chi connectivity index (χ1) is 6.41. The van der Waals surface area contributed by atoms with Crippen molar-refractivity contribution in [2.24, 2.45) is 0 Å². The van der Waals surface area contributed by atoms with Crippen molar-refractivity contribution in [2.75, 3.05) is 0 Å². The largest absolute Gasteiger partial charge is 0.480 e. The van der Waals surface area contributed by atoms with E-state index in [1.807, 2.05) is 0 Å². The van der Waals surface area contributed by atoms with Crippen LogP contribution in [0.4, 0.5) is 0 Å². The summed E-state index contributed by atoms with van der Waals surface area (Å²) in [4.78, 5) is 10.6. The molecule has 0 amide bonds. The van der Waals surface area contributed by atoms with Gasteiger partial charge in [0.2, 0.25) is 0 Å². The average Bonchev–Trinajstić information content (AvgIpc) is 2.08. The maximum absolute atomic E-state index is 10.6. The molecule has 2 N–H and O–H groups in total. The summed E-state index contributed by atoms with van der Waals surface area (Å²) in [6, 6.07) is 2.69. The van der Waals surface area contributed by atoms with Gasteiger partial charge in [-0.2, -0.15) is 0 Å². The summed E-state index contributed by atoms with van der Waals surface area (Å²) in [6.45, 7) is 6.56. The summed E-state index contributed by atoms with van der Waals surface area (Å²) in [5.41, 5.74) is 0. The Kier molecular flexibility index (Phi) is 3.72. The summed E-state index contributed by atoms with van der Waals surface area (Å²) in [5.74, 6) is -0.743. The molecule has 0 aliphatic carbocycles. The van der Waals surface area contributed by atoms with Gasteiger partial charge in [0.05, 0.1) is 0 Å². The Morgan fingerprint density at radius 3 is 2.36 bits per heavy atom. The summed E-state index contributed by atoms with van der Waals surface area (Å²) < 4.78 is 0. The molecule has 1 unspecified atom stereocenters. The maximum Gasteiger partial charge on any atom is 0.320 e. The fourth-order valence-corrected chi connectivity index (χ4v) is 4.50. The monoisotopic (exact) mass is 215 g/mol. The molecule has 1 heterocycles. The molecule has 0 bridgehead atoms. The molecule has 0 aromatic carbocycles. The molecule has 1 saturated heterocycles. The first-order valence-electron chi connectivity index (χ1n) is 5.39. The highest BCUT2D eigenvalue weighted by atomic mass is 28.3. The van der Waals surface area contributed by atoms with E-state index in [-0.39, 0.29) is 0 Å². The zero-order chi connectivity index (χ0) is 10.8. The minimum atomic E-state index is -0.898. The van der Waals surface area contributed by atoms with Gasteiger partial charge in [-0.05, 0) is 19.8 Å². The fourth-order valence-electron chi connectivity index (χ4n) is 1.99. The number of hydrogen-bond acceptors (Lipinski definition) is 2. The number of rotatable bonds is 3. The molecule has 1 aliphatic rings. The van der Waals surface area contributed by atoms with Crippen molar-refractivity contribution in [1.29, 1.82) is 0 Å². The van der Waals surface area contributed by atoms with Crippen LogP contribution in [0.15, 0.2) is 0 Å². The number of aliphatic carboxylic acids is 1. The summed E-state index contributed by atoms with van der Waals surface area (Å²) in [5, 5.41) is 11.9. The third kappa shape index (κ3) is 3.42. The Hall–Kier alpha value is -0.353. The minimum Gasteiger partial charge on any atom is -0.480 e. The smallest absolute Gasteiger partial charge is 0.320 e. The lowest BCUT2D eigenvalue weighted by Crippen LogP contribution is -2.45. The van der Waals surface area contributed by atoms with Crippen LogP contribution in [0.2, 0.25) is 25.2 Å². The summed E-state index contributed by atoms with van der Waals surface area (Å²) in [6.07, 6.45) is 2.33. The molecule has 0 radical (unpaired) electrons. The van der Waals surface area contributed by atoms with E-state index in [0.717, 1.165) is 12.8 Å². The van der Waals surface area contributed by atoms with Crippen LogP contribution in [0, 0.1) is 0 Å². The lowest BCUT2D eigenvalue weighted by Gasteiger charge is -2.34. The van der Waals surface area contributed by atoms with Gasteiger partial charge < -0.3 is 10.4 Å². The van der Waals surface area contributed by atoms with E-state index in [1.165, 1.54) is 12.1 Å². The minimum absolute atomic E-state index is 0.400. The second-order valence-corrected chi connectivity index (χ2v) is 10.5. The van der Waals surface area contributed by atoms with Gasteiger partial charge in [-0.25, -0.2) is 0 Å². The van der Waals surface area contributed by atoms with Crippen molar-refractivity contribution in [3.63, 3.8) is 0 Å². The molecule has 1 aliphatic heterocycles. The van der Waals surface area contributed by atoms with Gasteiger partial charge >= 0.3 is 5.97 Å². The highest BCUT2D eigenvalue weighted by Crippen LogP contribution is 2.28. The van der Waals surface area contributed by atoms with Gasteiger partial charge in [0.25, 0.3) is 0 Å². The van der Waals surface area contributed by atoms with E-state index in [9.17, 15) is 4.79 Å². The maximum atomic E-state index is 10.6. The van der Waals surface area contributed by atoms with Crippen molar-refractivity contribution < 1.29 is 9.90 Å². The molecule has 4 heteroatoms. The molecule has 82 valence electrons. The van der Waals surface area contributed by atoms with Gasteiger partial charge in [-0.1, -0.05) is 25.2 Å². The van der Waals surface area contributed by atoms with Crippen LogP contribution < -0.4 is 5.32 Å². The quantitative estimate of drug-likeness (QED) is 0.707.